The lowest BCUT2D eigenvalue weighted by molar-refractivity contribution is -0.123. The normalized spacial score (nSPS) is 12.0. The smallest absolute Gasteiger partial charge is 0.268 e. The van der Waals surface area contributed by atoms with Gasteiger partial charge < -0.3 is 5.32 Å². The molecule has 2 N–H and O–H groups in total. The Balaban J connectivity index is 2.80. The topological polar surface area (TPSA) is 82.9 Å². The molecule has 0 bridgehead atoms. The molecule has 5 nitrogen and oxygen atoms in total. The van der Waals surface area contributed by atoms with Gasteiger partial charge >= 0.3 is 0 Å². The zero-order valence-electron chi connectivity index (χ0n) is 5.98. The van der Waals surface area contributed by atoms with Crippen LogP contribution in [-0.4, -0.2) is 17.3 Å². The summed E-state index contributed by atoms with van der Waals surface area (Å²) in [5, 5.41) is 4.33. The van der Waals surface area contributed by atoms with Gasteiger partial charge in [-0.05, 0) is 0 Å². The van der Waals surface area contributed by atoms with Crippen LogP contribution in [0.25, 0.3) is 0 Å². The Morgan fingerprint density at radius 1 is 1.83 bits per heavy atom. The molecular formula is C6H6N3O2S. The van der Waals surface area contributed by atoms with Crippen LogP contribution >= 0.6 is 11.3 Å². The predicted molar refractivity (Wildman–Crippen MR) is 42.2 cm³/mol. The van der Waals surface area contributed by atoms with E-state index in [0.29, 0.717) is 11.4 Å². The highest BCUT2D eigenvalue weighted by atomic mass is 32.1. The molecule has 0 fully saturated rings. The zero-order valence-corrected chi connectivity index (χ0v) is 6.80. The van der Waals surface area contributed by atoms with Crippen LogP contribution in [0.15, 0.2) is 11.6 Å². The second kappa shape index (κ2) is 3.82. The summed E-state index contributed by atoms with van der Waals surface area (Å²) in [6, 6.07) is -0.914. The largest absolute Gasteiger partial charge is 0.341 e. The molecule has 2 amide bonds. The highest BCUT2D eigenvalue weighted by Crippen LogP contribution is 2.14. The Bertz CT molecular complexity index is 272. The van der Waals surface area contributed by atoms with Crippen LogP contribution in [0.4, 0.5) is 0 Å². The fourth-order valence-electron chi connectivity index (χ4n) is 0.704. The molecule has 0 aliphatic heterocycles. The van der Waals surface area contributed by atoms with Crippen molar-refractivity contribution in [3.05, 3.63) is 16.6 Å². The van der Waals surface area contributed by atoms with E-state index < -0.39 is 11.9 Å². The Morgan fingerprint density at radius 2 is 2.58 bits per heavy atom. The van der Waals surface area contributed by atoms with Crippen LogP contribution in [0, 0.1) is 0 Å². The van der Waals surface area contributed by atoms with E-state index in [1.165, 1.54) is 17.5 Å². The molecule has 1 aromatic rings. The number of rotatable bonds is 4. The van der Waals surface area contributed by atoms with Crippen LogP contribution in [0.2, 0.25) is 0 Å². The summed E-state index contributed by atoms with van der Waals surface area (Å²) >= 11 is 1.23. The monoisotopic (exact) mass is 184 g/mol. The summed E-state index contributed by atoms with van der Waals surface area (Å²) in [5.74, 6) is -0.864. The zero-order chi connectivity index (χ0) is 8.97. The summed E-state index contributed by atoms with van der Waals surface area (Å²) in [6.45, 7) is 0. The standard InChI is InChI=1S/C6H6N3O2S/c7-5(11)4(9-3-10)6-8-1-2-12-6/h1-4,7H,(H,9,10). The van der Waals surface area contributed by atoms with Crippen molar-refractivity contribution in [2.45, 2.75) is 6.04 Å². The molecule has 12 heavy (non-hydrogen) atoms. The molecule has 1 radical (unpaired) electrons. The number of aromatic nitrogens is 1. The number of hydrogen-bond acceptors (Lipinski definition) is 4. The summed E-state index contributed by atoms with van der Waals surface area (Å²) < 4.78 is 0. The molecular weight excluding hydrogens is 178 g/mol. The Hall–Kier alpha value is -1.43. The van der Waals surface area contributed by atoms with Crippen molar-refractivity contribution >= 4 is 23.7 Å². The first-order valence-corrected chi connectivity index (χ1v) is 3.98. The molecule has 1 unspecified atom stereocenters. The minimum Gasteiger partial charge on any atom is -0.341 e. The molecule has 1 atom stereocenters. The summed E-state index contributed by atoms with van der Waals surface area (Å²) in [6.07, 6.45) is 1.90. The third kappa shape index (κ3) is 1.79. The first kappa shape index (κ1) is 8.66. The van der Waals surface area contributed by atoms with Gasteiger partial charge in [-0.25, -0.2) is 4.98 Å². The Labute approximate surface area is 72.6 Å². The van der Waals surface area contributed by atoms with Crippen molar-refractivity contribution in [3.63, 3.8) is 0 Å². The maximum Gasteiger partial charge on any atom is 0.268 e. The summed E-state index contributed by atoms with van der Waals surface area (Å²) in [4.78, 5) is 24.5. The SMILES string of the molecule is [NH]C(=O)C(NC=O)c1nccs1. The van der Waals surface area contributed by atoms with Crippen LogP contribution in [0.5, 0.6) is 0 Å². The van der Waals surface area contributed by atoms with E-state index in [0.717, 1.165) is 0 Å². The predicted octanol–water partition coefficient (Wildman–Crippen LogP) is -0.260. The maximum absolute atomic E-state index is 10.6. The van der Waals surface area contributed by atoms with Crippen molar-refractivity contribution in [2.24, 2.45) is 0 Å². The van der Waals surface area contributed by atoms with Crippen molar-refractivity contribution in [2.75, 3.05) is 0 Å². The number of nitrogens with zero attached hydrogens (tertiary/aromatic N) is 1. The van der Waals surface area contributed by atoms with Gasteiger partial charge in [-0.3, -0.25) is 15.3 Å². The fourth-order valence-corrected chi connectivity index (χ4v) is 1.40. The summed E-state index contributed by atoms with van der Waals surface area (Å²) in [7, 11) is 0. The van der Waals surface area contributed by atoms with Crippen LogP contribution in [0.1, 0.15) is 11.0 Å². The Morgan fingerprint density at radius 3 is 3.00 bits per heavy atom. The van der Waals surface area contributed by atoms with Crippen LogP contribution < -0.4 is 11.1 Å². The molecule has 6 heteroatoms. The van der Waals surface area contributed by atoms with Gasteiger partial charge in [-0.15, -0.1) is 11.3 Å². The van der Waals surface area contributed by atoms with Gasteiger partial charge in [-0.1, -0.05) is 0 Å². The van der Waals surface area contributed by atoms with Crippen molar-refractivity contribution in [1.82, 2.24) is 16.0 Å². The van der Waals surface area contributed by atoms with Gasteiger partial charge in [0.15, 0.2) is 6.04 Å². The maximum atomic E-state index is 10.6. The van der Waals surface area contributed by atoms with Gasteiger partial charge in [0, 0.05) is 11.6 Å². The molecule has 0 saturated heterocycles. The van der Waals surface area contributed by atoms with Crippen LogP contribution in [-0.2, 0) is 9.59 Å². The van der Waals surface area contributed by atoms with Crippen molar-refractivity contribution in [1.29, 1.82) is 0 Å². The van der Waals surface area contributed by atoms with E-state index in [1.807, 2.05) is 0 Å². The quantitative estimate of drug-likeness (QED) is 0.654. The highest BCUT2D eigenvalue weighted by molar-refractivity contribution is 7.09. The Kier molecular flexibility index (Phi) is 2.76. The van der Waals surface area contributed by atoms with E-state index in [1.54, 1.807) is 5.38 Å². The molecule has 0 aromatic carbocycles. The van der Waals surface area contributed by atoms with Crippen LogP contribution in [0.3, 0.4) is 0 Å². The summed E-state index contributed by atoms with van der Waals surface area (Å²) in [5.41, 5.74) is 6.82. The average Bonchev–Trinajstić information content (AvgIpc) is 2.51. The molecule has 0 spiro atoms. The molecule has 0 saturated carbocycles. The minimum absolute atomic E-state index is 0.387. The van der Waals surface area contributed by atoms with E-state index in [-0.39, 0.29) is 0 Å². The second-order valence-corrected chi connectivity index (χ2v) is 2.88. The number of amides is 2. The van der Waals surface area contributed by atoms with E-state index in [2.05, 4.69) is 10.3 Å². The van der Waals surface area contributed by atoms with E-state index >= 15 is 0 Å². The van der Waals surface area contributed by atoms with Gasteiger partial charge in [-0.2, -0.15) is 0 Å². The lowest BCUT2D eigenvalue weighted by Crippen LogP contribution is -2.27. The van der Waals surface area contributed by atoms with E-state index in [9.17, 15) is 9.59 Å². The lowest BCUT2D eigenvalue weighted by atomic mass is 10.3. The third-order valence-corrected chi connectivity index (χ3v) is 2.04. The first-order valence-electron chi connectivity index (χ1n) is 3.10. The number of nitrogens with one attached hydrogen (secondary N) is 2. The molecule has 0 aliphatic carbocycles. The first-order chi connectivity index (χ1) is 5.75. The number of hydrogen-bond donors (Lipinski definition) is 1. The fraction of sp³-hybridized carbons (Fsp3) is 0.167. The molecule has 1 rings (SSSR count). The van der Waals surface area contributed by atoms with E-state index in [4.69, 9.17) is 5.73 Å². The molecule has 63 valence electrons. The number of carbonyl (C=O) groups excluding carboxylic acids is 2. The molecule has 0 aliphatic rings. The molecule has 1 heterocycles. The average molecular weight is 184 g/mol. The molecule has 1 aromatic heterocycles. The second-order valence-electron chi connectivity index (χ2n) is 1.95. The van der Waals surface area contributed by atoms with Gasteiger partial charge in [0.05, 0.1) is 0 Å². The van der Waals surface area contributed by atoms with Gasteiger partial charge in [0.2, 0.25) is 6.41 Å². The number of carbonyl (C=O) groups is 2. The minimum atomic E-state index is -0.914. The highest BCUT2D eigenvalue weighted by Gasteiger charge is 2.19. The third-order valence-electron chi connectivity index (χ3n) is 1.20. The van der Waals surface area contributed by atoms with Gasteiger partial charge in [0.1, 0.15) is 5.01 Å². The lowest BCUT2D eigenvalue weighted by Gasteiger charge is -2.06. The van der Waals surface area contributed by atoms with Crippen molar-refractivity contribution < 1.29 is 9.59 Å². The van der Waals surface area contributed by atoms with Crippen molar-refractivity contribution in [3.8, 4) is 0 Å². The number of thiazole rings is 1. The van der Waals surface area contributed by atoms with Gasteiger partial charge in [0.25, 0.3) is 5.91 Å².